The number of hydrogen-bond acceptors (Lipinski definition) is 2. The second-order valence-electron chi connectivity index (χ2n) is 2.14. The molecule has 0 aliphatic rings. The van der Waals surface area contributed by atoms with E-state index in [1.165, 1.54) is 6.07 Å². The summed E-state index contributed by atoms with van der Waals surface area (Å²) in [4.78, 5) is 3.40. The third-order valence-electron chi connectivity index (χ3n) is 1.34. The summed E-state index contributed by atoms with van der Waals surface area (Å²) in [5.41, 5.74) is -0.0294. The van der Waals surface area contributed by atoms with E-state index in [1.54, 1.807) is 0 Å². The molecule has 0 unspecified atom stereocenters. The van der Waals surface area contributed by atoms with Crippen LogP contribution in [0.4, 0.5) is 8.78 Å². The first-order valence-electron chi connectivity index (χ1n) is 3.19. The molecule has 0 bridgehead atoms. The maximum atomic E-state index is 12.0. The molecule has 66 valence electrons. The van der Waals surface area contributed by atoms with Gasteiger partial charge in [-0.05, 0) is 6.07 Å². The Hall–Kier alpha value is -0.740. The van der Waals surface area contributed by atoms with Crippen molar-refractivity contribution < 1.29 is 13.9 Å². The van der Waals surface area contributed by atoms with Gasteiger partial charge in [0.2, 0.25) is 0 Å². The van der Waals surface area contributed by atoms with Gasteiger partial charge in [-0.3, -0.25) is 0 Å². The quantitative estimate of drug-likeness (QED) is 0.731. The molecule has 0 fully saturated rings. The van der Waals surface area contributed by atoms with Crippen LogP contribution in [-0.2, 0) is 6.61 Å². The molecule has 0 radical (unpaired) electrons. The highest BCUT2D eigenvalue weighted by molar-refractivity contribution is 6.30. The number of nitrogens with zero attached hydrogens (tertiary/aromatic N) is 1. The van der Waals surface area contributed by atoms with Crippen LogP contribution in [0.1, 0.15) is 17.7 Å². The van der Waals surface area contributed by atoms with Gasteiger partial charge in [-0.25, -0.2) is 13.8 Å². The molecule has 0 amide bonds. The van der Waals surface area contributed by atoms with E-state index in [0.29, 0.717) is 5.56 Å². The van der Waals surface area contributed by atoms with Crippen LogP contribution >= 0.6 is 11.6 Å². The van der Waals surface area contributed by atoms with E-state index in [4.69, 9.17) is 16.7 Å². The molecule has 12 heavy (non-hydrogen) atoms. The van der Waals surface area contributed by atoms with Crippen LogP contribution in [0.25, 0.3) is 0 Å². The van der Waals surface area contributed by atoms with Crippen LogP contribution in [0.2, 0.25) is 5.15 Å². The van der Waals surface area contributed by atoms with Gasteiger partial charge >= 0.3 is 0 Å². The van der Waals surface area contributed by atoms with Crippen molar-refractivity contribution in [2.75, 3.05) is 0 Å². The van der Waals surface area contributed by atoms with E-state index >= 15 is 0 Å². The normalized spacial score (nSPS) is 10.8. The average molecular weight is 194 g/mol. The Morgan fingerprint density at radius 3 is 2.58 bits per heavy atom. The zero-order valence-corrected chi connectivity index (χ0v) is 6.72. The molecular weight excluding hydrogens is 188 g/mol. The number of aromatic nitrogens is 1. The highest BCUT2D eigenvalue weighted by Gasteiger charge is 2.10. The van der Waals surface area contributed by atoms with Crippen molar-refractivity contribution in [1.82, 2.24) is 4.98 Å². The Morgan fingerprint density at radius 2 is 2.17 bits per heavy atom. The van der Waals surface area contributed by atoms with Gasteiger partial charge in [-0.1, -0.05) is 17.7 Å². The van der Waals surface area contributed by atoms with Gasteiger partial charge in [0.05, 0.1) is 6.61 Å². The lowest BCUT2D eigenvalue weighted by molar-refractivity contribution is 0.146. The Bertz CT molecular complexity index is 280. The molecule has 1 aromatic rings. The van der Waals surface area contributed by atoms with Crippen LogP contribution < -0.4 is 0 Å². The van der Waals surface area contributed by atoms with Crippen molar-refractivity contribution in [1.29, 1.82) is 0 Å². The van der Waals surface area contributed by atoms with Crippen LogP contribution in [0.15, 0.2) is 12.1 Å². The fraction of sp³-hybridized carbons (Fsp3) is 0.286. The maximum Gasteiger partial charge on any atom is 0.280 e. The number of pyridine rings is 1. The van der Waals surface area contributed by atoms with Gasteiger partial charge < -0.3 is 5.11 Å². The minimum Gasteiger partial charge on any atom is -0.392 e. The molecule has 2 nitrogen and oxygen atoms in total. The Morgan fingerprint density at radius 1 is 1.50 bits per heavy atom. The molecular formula is C7H6ClF2NO. The van der Waals surface area contributed by atoms with Gasteiger partial charge in [-0.2, -0.15) is 0 Å². The largest absolute Gasteiger partial charge is 0.392 e. The Labute approximate surface area is 72.8 Å². The van der Waals surface area contributed by atoms with Crippen molar-refractivity contribution in [2.45, 2.75) is 13.0 Å². The molecule has 0 saturated heterocycles. The van der Waals surface area contributed by atoms with E-state index in [1.807, 2.05) is 0 Å². The molecule has 0 spiro atoms. The number of aliphatic hydroxyl groups excluding tert-OH is 1. The molecule has 1 N–H and O–H groups in total. The maximum absolute atomic E-state index is 12.0. The summed E-state index contributed by atoms with van der Waals surface area (Å²) in [5, 5.41) is 8.56. The summed E-state index contributed by atoms with van der Waals surface area (Å²) in [6.07, 6.45) is -2.63. The van der Waals surface area contributed by atoms with E-state index in [9.17, 15) is 8.78 Å². The summed E-state index contributed by atoms with van der Waals surface area (Å²) in [6.45, 7) is -0.296. The minimum atomic E-state index is -2.63. The molecule has 5 heteroatoms. The predicted octanol–water partition coefficient (Wildman–Crippen LogP) is 2.16. The van der Waals surface area contributed by atoms with Crippen molar-refractivity contribution in [2.24, 2.45) is 0 Å². The zero-order valence-electron chi connectivity index (χ0n) is 5.97. The fourth-order valence-corrected chi connectivity index (χ4v) is 0.937. The van der Waals surface area contributed by atoms with Crippen LogP contribution in [-0.4, -0.2) is 10.1 Å². The lowest BCUT2D eigenvalue weighted by Crippen LogP contribution is -1.94. The van der Waals surface area contributed by atoms with Gasteiger partial charge in [0, 0.05) is 5.56 Å². The van der Waals surface area contributed by atoms with Gasteiger partial charge in [0.15, 0.2) is 0 Å². The molecule has 1 heterocycles. The Kier molecular flexibility index (Phi) is 2.94. The van der Waals surface area contributed by atoms with Gasteiger partial charge in [0.1, 0.15) is 10.8 Å². The summed E-state index contributed by atoms with van der Waals surface area (Å²) in [6, 6.07) is 2.47. The second-order valence-corrected chi connectivity index (χ2v) is 2.50. The SMILES string of the molecule is OCc1ccc(C(F)F)nc1Cl. The average Bonchev–Trinajstić information content (AvgIpc) is 2.04. The summed E-state index contributed by atoms with van der Waals surface area (Å²) < 4.78 is 24.0. The first-order valence-corrected chi connectivity index (χ1v) is 3.57. The van der Waals surface area contributed by atoms with E-state index in [0.717, 1.165) is 6.07 Å². The molecule has 0 aliphatic carbocycles. The molecule has 0 aromatic carbocycles. The fourth-order valence-electron chi connectivity index (χ4n) is 0.717. The van der Waals surface area contributed by atoms with Crippen LogP contribution in [0.5, 0.6) is 0 Å². The van der Waals surface area contributed by atoms with Crippen molar-refractivity contribution in [3.63, 3.8) is 0 Å². The van der Waals surface area contributed by atoms with E-state index < -0.39 is 6.43 Å². The predicted molar refractivity (Wildman–Crippen MR) is 40.1 cm³/mol. The molecule has 0 aliphatic heterocycles. The van der Waals surface area contributed by atoms with E-state index in [2.05, 4.69) is 4.98 Å². The third-order valence-corrected chi connectivity index (χ3v) is 1.67. The highest BCUT2D eigenvalue weighted by Crippen LogP contribution is 2.20. The lowest BCUT2D eigenvalue weighted by atomic mass is 10.2. The van der Waals surface area contributed by atoms with Crippen molar-refractivity contribution in [3.05, 3.63) is 28.5 Å². The standard InChI is InChI=1S/C7H6ClF2NO/c8-6-4(3-12)1-2-5(11-6)7(9)10/h1-2,7,12H,3H2. The van der Waals surface area contributed by atoms with Crippen LogP contribution in [0, 0.1) is 0 Å². The molecule has 1 aromatic heterocycles. The summed E-state index contributed by atoms with van der Waals surface area (Å²) in [7, 11) is 0. The first kappa shape index (κ1) is 9.35. The lowest BCUT2D eigenvalue weighted by Gasteiger charge is -2.02. The highest BCUT2D eigenvalue weighted by atomic mass is 35.5. The molecule has 0 atom stereocenters. The first-order chi connectivity index (χ1) is 5.65. The number of rotatable bonds is 2. The molecule has 0 saturated carbocycles. The van der Waals surface area contributed by atoms with E-state index in [-0.39, 0.29) is 17.5 Å². The number of aliphatic hydroxyl groups is 1. The smallest absolute Gasteiger partial charge is 0.280 e. The number of halogens is 3. The number of hydrogen-bond donors (Lipinski definition) is 1. The third kappa shape index (κ3) is 1.89. The van der Waals surface area contributed by atoms with Gasteiger partial charge in [0.25, 0.3) is 6.43 Å². The zero-order chi connectivity index (χ0) is 9.14. The summed E-state index contributed by atoms with van der Waals surface area (Å²) >= 11 is 5.47. The monoisotopic (exact) mass is 193 g/mol. The van der Waals surface area contributed by atoms with Crippen LogP contribution in [0.3, 0.4) is 0 Å². The van der Waals surface area contributed by atoms with Crippen molar-refractivity contribution in [3.8, 4) is 0 Å². The topological polar surface area (TPSA) is 33.1 Å². The van der Waals surface area contributed by atoms with Gasteiger partial charge in [-0.15, -0.1) is 0 Å². The number of alkyl halides is 2. The Balaban J connectivity index is 3.02. The summed E-state index contributed by atoms with van der Waals surface area (Å²) in [5.74, 6) is 0. The van der Waals surface area contributed by atoms with Crippen molar-refractivity contribution >= 4 is 11.6 Å². The second kappa shape index (κ2) is 3.78. The minimum absolute atomic E-state index is 0.0738. The molecule has 1 rings (SSSR count).